The van der Waals surface area contributed by atoms with Gasteiger partial charge in [-0.3, -0.25) is 4.98 Å². The van der Waals surface area contributed by atoms with Gasteiger partial charge in [0.25, 0.3) is 0 Å². The number of rotatable bonds is 2. The van der Waals surface area contributed by atoms with Gasteiger partial charge in [0.05, 0.1) is 11.9 Å². The molecule has 0 spiro atoms. The average Bonchev–Trinajstić information content (AvgIpc) is 2.52. The highest BCUT2D eigenvalue weighted by atomic mass is 15.2. The Kier molecular flexibility index (Phi) is 10.2. The van der Waals surface area contributed by atoms with Crippen molar-refractivity contribution in [1.82, 2.24) is 10.3 Å². The summed E-state index contributed by atoms with van der Waals surface area (Å²) in [7, 11) is 0. The number of nitrogens with zero attached hydrogens (tertiary/aromatic N) is 2. The van der Waals surface area contributed by atoms with Gasteiger partial charge in [-0.1, -0.05) is 41.5 Å². The van der Waals surface area contributed by atoms with Gasteiger partial charge in [-0.25, -0.2) is 0 Å². The van der Waals surface area contributed by atoms with E-state index >= 15 is 0 Å². The minimum Gasteiger partial charge on any atom is -0.368 e. The highest BCUT2D eigenvalue weighted by Crippen LogP contribution is 2.17. The van der Waals surface area contributed by atoms with E-state index < -0.39 is 0 Å². The summed E-state index contributed by atoms with van der Waals surface area (Å²) in [5, 5.41) is 3.35. The lowest BCUT2D eigenvalue weighted by atomic mass is 10.1. The van der Waals surface area contributed by atoms with Crippen LogP contribution in [-0.4, -0.2) is 31.2 Å². The molecule has 1 fully saturated rings. The maximum absolute atomic E-state index is 4.49. The third kappa shape index (κ3) is 6.06. The normalized spacial score (nSPS) is 14.2. The van der Waals surface area contributed by atoms with Crippen molar-refractivity contribution in [2.24, 2.45) is 0 Å². The maximum atomic E-state index is 4.49. The molecule has 0 saturated carbocycles. The minimum absolute atomic E-state index is 0. The molecule has 1 aromatic heterocycles. The fourth-order valence-corrected chi connectivity index (χ4v) is 1.85. The molecular formula is C16H33N3. The van der Waals surface area contributed by atoms with Crippen molar-refractivity contribution < 1.29 is 1.43 Å². The van der Waals surface area contributed by atoms with Crippen LogP contribution >= 0.6 is 0 Å². The standard InChI is InChI=1S/C12H19N3.2C2H6.H2/c1-10(2)12-4-3-11(9-14-12)15-7-5-13-6-8-15;2*1-2;/h3-4,9-10,13H,5-8H2,1-2H3;2*1-2H3;1H. The summed E-state index contributed by atoms with van der Waals surface area (Å²) >= 11 is 0. The van der Waals surface area contributed by atoms with Crippen LogP contribution in [-0.2, 0) is 0 Å². The Morgan fingerprint density at radius 2 is 1.68 bits per heavy atom. The Bertz CT molecular complexity index is 306. The summed E-state index contributed by atoms with van der Waals surface area (Å²) in [5.74, 6) is 0.516. The maximum Gasteiger partial charge on any atom is 0.0553 e. The fourth-order valence-electron chi connectivity index (χ4n) is 1.85. The van der Waals surface area contributed by atoms with E-state index in [0.717, 1.165) is 26.2 Å². The van der Waals surface area contributed by atoms with Gasteiger partial charge < -0.3 is 10.2 Å². The molecule has 19 heavy (non-hydrogen) atoms. The number of aromatic nitrogens is 1. The highest BCUT2D eigenvalue weighted by Gasteiger charge is 2.10. The molecule has 112 valence electrons. The summed E-state index contributed by atoms with van der Waals surface area (Å²) < 4.78 is 0. The Labute approximate surface area is 120 Å². The molecule has 1 aliphatic heterocycles. The number of pyridine rings is 1. The van der Waals surface area contributed by atoms with Gasteiger partial charge >= 0.3 is 0 Å². The SMILES string of the molecule is CC.CC.CC(C)c1ccc(N2CCNCC2)cn1.[HH]. The number of nitrogens with one attached hydrogen (secondary N) is 1. The smallest absolute Gasteiger partial charge is 0.0553 e. The first-order valence-electron chi connectivity index (χ1n) is 7.69. The minimum atomic E-state index is 0. The van der Waals surface area contributed by atoms with Gasteiger partial charge in [-0.05, 0) is 18.1 Å². The molecule has 1 saturated heterocycles. The van der Waals surface area contributed by atoms with Crippen LogP contribution in [0.5, 0.6) is 0 Å². The first-order valence-corrected chi connectivity index (χ1v) is 7.69. The zero-order valence-electron chi connectivity index (χ0n) is 13.5. The van der Waals surface area contributed by atoms with Crippen molar-refractivity contribution in [2.75, 3.05) is 31.1 Å². The van der Waals surface area contributed by atoms with Crippen LogP contribution in [0.15, 0.2) is 18.3 Å². The molecule has 2 rings (SSSR count). The van der Waals surface area contributed by atoms with Crippen LogP contribution in [0.2, 0.25) is 0 Å². The van der Waals surface area contributed by atoms with E-state index in [4.69, 9.17) is 0 Å². The summed E-state index contributed by atoms with van der Waals surface area (Å²) in [5.41, 5.74) is 2.43. The number of hydrogen-bond donors (Lipinski definition) is 1. The van der Waals surface area contributed by atoms with E-state index in [-0.39, 0.29) is 1.43 Å². The summed E-state index contributed by atoms with van der Waals surface area (Å²) in [6.07, 6.45) is 2.00. The number of piperazine rings is 1. The second-order valence-electron chi connectivity index (χ2n) is 4.33. The van der Waals surface area contributed by atoms with E-state index in [1.807, 2.05) is 33.9 Å². The van der Waals surface area contributed by atoms with Crippen molar-refractivity contribution in [3.63, 3.8) is 0 Å². The molecular weight excluding hydrogens is 234 g/mol. The van der Waals surface area contributed by atoms with Crippen LogP contribution in [0.4, 0.5) is 5.69 Å². The molecule has 0 aromatic carbocycles. The average molecular weight is 267 g/mol. The Balaban J connectivity index is 0. The molecule has 1 aromatic rings. The molecule has 0 bridgehead atoms. The Hall–Kier alpha value is -1.09. The molecule has 0 unspecified atom stereocenters. The van der Waals surface area contributed by atoms with Crippen LogP contribution in [0.1, 0.15) is 54.6 Å². The van der Waals surface area contributed by atoms with Gasteiger partial charge in [0.2, 0.25) is 0 Å². The second kappa shape index (κ2) is 10.8. The van der Waals surface area contributed by atoms with E-state index in [9.17, 15) is 0 Å². The molecule has 3 nitrogen and oxygen atoms in total. The largest absolute Gasteiger partial charge is 0.368 e. The van der Waals surface area contributed by atoms with Crippen molar-refractivity contribution >= 4 is 5.69 Å². The fraction of sp³-hybridized carbons (Fsp3) is 0.688. The van der Waals surface area contributed by atoms with Crippen LogP contribution in [0.25, 0.3) is 0 Å². The summed E-state index contributed by atoms with van der Waals surface area (Å²) in [6.45, 7) is 16.7. The monoisotopic (exact) mass is 267 g/mol. The predicted octanol–water partition coefficient (Wildman–Crippen LogP) is 3.91. The molecule has 0 amide bonds. The number of hydrogen-bond acceptors (Lipinski definition) is 3. The molecule has 3 heteroatoms. The topological polar surface area (TPSA) is 28.2 Å². The van der Waals surface area contributed by atoms with Gasteiger partial charge in [0.1, 0.15) is 0 Å². The van der Waals surface area contributed by atoms with Crippen LogP contribution < -0.4 is 10.2 Å². The summed E-state index contributed by atoms with van der Waals surface area (Å²) in [4.78, 5) is 6.87. The molecule has 0 radical (unpaired) electrons. The van der Waals surface area contributed by atoms with E-state index in [0.29, 0.717) is 5.92 Å². The first-order chi connectivity index (χ1) is 9.27. The van der Waals surface area contributed by atoms with Gasteiger partial charge in [0.15, 0.2) is 0 Å². The van der Waals surface area contributed by atoms with E-state index in [1.165, 1.54) is 11.4 Å². The number of anilines is 1. The molecule has 1 N–H and O–H groups in total. The highest BCUT2D eigenvalue weighted by molar-refractivity contribution is 5.45. The Morgan fingerprint density at radius 1 is 1.11 bits per heavy atom. The molecule has 0 atom stereocenters. The van der Waals surface area contributed by atoms with E-state index in [1.54, 1.807) is 0 Å². The summed E-state index contributed by atoms with van der Waals surface area (Å²) in [6, 6.07) is 4.33. The van der Waals surface area contributed by atoms with Crippen LogP contribution in [0.3, 0.4) is 0 Å². The molecule has 0 aliphatic carbocycles. The molecule has 2 heterocycles. The zero-order valence-corrected chi connectivity index (χ0v) is 13.5. The first kappa shape index (κ1) is 17.9. The van der Waals surface area contributed by atoms with Gasteiger partial charge in [-0.15, -0.1) is 0 Å². The Morgan fingerprint density at radius 3 is 2.11 bits per heavy atom. The third-order valence-electron chi connectivity index (χ3n) is 2.84. The second-order valence-corrected chi connectivity index (χ2v) is 4.33. The third-order valence-corrected chi connectivity index (χ3v) is 2.84. The van der Waals surface area contributed by atoms with E-state index in [2.05, 4.69) is 41.2 Å². The van der Waals surface area contributed by atoms with Crippen LogP contribution in [0, 0.1) is 0 Å². The van der Waals surface area contributed by atoms with Crippen molar-refractivity contribution in [1.29, 1.82) is 0 Å². The lowest BCUT2D eigenvalue weighted by molar-refractivity contribution is 0.588. The molecule has 1 aliphatic rings. The van der Waals surface area contributed by atoms with Crippen molar-refractivity contribution in [3.05, 3.63) is 24.0 Å². The quantitative estimate of drug-likeness (QED) is 0.880. The van der Waals surface area contributed by atoms with Crippen molar-refractivity contribution in [3.8, 4) is 0 Å². The lowest BCUT2D eigenvalue weighted by Crippen LogP contribution is -2.43. The van der Waals surface area contributed by atoms with Gasteiger partial charge in [-0.2, -0.15) is 0 Å². The lowest BCUT2D eigenvalue weighted by Gasteiger charge is -2.29. The van der Waals surface area contributed by atoms with Gasteiger partial charge in [0, 0.05) is 33.3 Å². The van der Waals surface area contributed by atoms with Crippen molar-refractivity contribution in [2.45, 2.75) is 47.5 Å². The zero-order chi connectivity index (χ0) is 14.7. The predicted molar refractivity (Wildman–Crippen MR) is 88.2 cm³/mol.